The molecule has 9 heteroatoms. The van der Waals surface area contributed by atoms with Crippen LogP contribution in [0.1, 0.15) is 20.7 Å². The molecule has 0 amide bonds. The molecular formula is C26H20O9. The normalized spacial score (nSPS) is 10.5. The number of benzene rings is 3. The summed E-state index contributed by atoms with van der Waals surface area (Å²) in [4.78, 5) is 37.0. The highest BCUT2D eigenvalue weighted by Gasteiger charge is 2.15. The fraction of sp³-hybridized carbons (Fsp3) is 0.115. The first-order valence-electron chi connectivity index (χ1n) is 10.3. The molecule has 0 radical (unpaired) electrons. The van der Waals surface area contributed by atoms with Gasteiger partial charge < -0.3 is 28.1 Å². The van der Waals surface area contributed by atoms with Crippen LogP contribution in [0.5, 0.6) is 28.7 Å². The first-order chi connectivity index (χ1) is 16.9. The molecule has 0 spiro atoms. The average Bonchev–Trinajstić information content (AvgIpc) is 2.89. The Morgan fingerprint density at radius 3 is 2.00 bits per heavy atom. The van der Waals surface area contributed by atoms with Crippen LogP contribution in [0.25, 0.3) is 11.0 Å². The number of hydrogen-bond donors (Lipinski definition) is 0. The SMILES string of the molecule is COC(=O)c1ccc(Oc2coc3cc(OC(=O)c4cc(OC)cc(OC)c4)ccc3c2=O)cc1. The van der Waals surface area contributed by atoms with Crippen LogP contribution >= 0.6 is 0 Å². The van der Waals surface area contributed by atoms with E-state index in [1.807, 2.05) is 0 Å². The van der Waals surface area contributed by atoms with Gasteiger partial charge in [0.15, 0.2) is 0 Å². The Balaban J connectivity index is 1.55. The minimum atomic E-state index is -0.640. The van der Waals surface area contributed by atoms with Gasteiger partial charge in [-0.25, -0.2) is 9.59 Å². The molecule has 0 fully saturated rings. The predicted molar refractivity (Wildman–Crippen MR) is 125 cm³/mol. The summed E-state index contributed by atoms with van der Waals surface area (Å²) in [7, 11) is 4.24. The summed E-state index contributed by atoms with van der Waals surface area (Å²) in [6.45, 7) is 0. The molecule has 1 aromatic heterocycles. The minimum Gasteiger partial charge on any atom is -0.497 e. The molecule has 3 aromatic carbocycles. The zero-order valence-corrected chi connectivity index (χ0v) is 19.0. The maximum atomic E-state index is 12.9. The molecule has 0 bridgehead atoms. The van der Waals surface area contributed by atoms with Crippen LogP contribution in [0.2, 0.25) is 0 Å². The summed E-state index contributed by atoms with van der Waals surface area (Å²) in [6.07, 6.45) is 1.16. The zero-order chi connectivity index (χ0) is 24.9. The second-order valence-corrected chi connectivity index (χ2v) is 7.20. The Kier molecular flexibility index (Phi) is 6.68. The third-order valence-electron chi connectivity index (χ3n) is 5.02. The lowest BCUT2D eigenvalue weighted by Gasteiger charge is -2.09. The van der Waals surface area contributed by atoms with Crippen molar-refractivity contribution < 1.29 is 37.7 Å². The fourth-order valence-electron chi connectivity index (χ4n) is 3.22. The van der Waals surface area contributed by atoms with Crippen LogP contribution < -0.4 is 24.4 Å². The highest BCUT2D eigenvalue weighted by Crippen LogP contribution is 2.27. The third kappa shape index (κ3) is 5.09. The monoisotopic (exact) mass is 476 g/mol. The molecule has 9 nitrogen and oxygen atoms in total. The number of carbonyl (C=O) groups is 2. The van der Waals surface area contributed by atoms with E-state index in [1.165, 1.54) is 75.9 Å². The average molecular weight is 476 g/mol. The number of methoxy groups -OCH3 is 3. The van der Waals surface area contributed by atoms with Gasteiger partial charge in [-0.05, 0) is 48.5 Å². The lowest BCUT2D eigenvalue weighted by molar-refractivity contribution is 0.0600. The topological polar surface area (TPSA) is 110 Å². The summed E-state index contributed by atoms with van der Waals surface area (Å²) in [5.41, 5.74) is 0.361. The predicted octanol–water partition coefficient (Wildman–Crippen LogP) is 4.61. The molecule has 178 valence electrons. The summed E-state index contributed by atoms with van der Waals surface area (Å²) >= 11 is 0. The van der Waals surface area contributed by atoms with Crippen molar-refractivity contribution in [3.05, 3.63) is 88.3 Å². The van der Waals surface area contributed by atoms with E-state index in [4.69, 9.17) is 23.4 Å². The molecule has 4 aromatic rings. The van der Waals surface area contributed by atoms with E-state index in [-0.39, 0.29) is 28.0 Å². The van der Waals surface area contributed by atoms with E-state index in [1.54, 1.807) is 6.07 Å². The van der Waals surface area contributed by atoms with Crippen LogP contribution in [0, 0.1) is 0 Å². The molecule has 1 heterocycles. The van der Waals surface area contributed by atoms with Crippen molar-refractivity contribution in [2.45, 2.75) is 0 Å². The van der Waals surface area contributed by atoms with E-state index in [0.717, 1.165) is 6.26 Å². The number of ether oxygens (including phenoxy) is 5. The number of fused-ring (bicyclic) bond motifs is 1. The Morgan fingerprint density at radius 2 is 1.37 bits per heavy atom. The van der Waals surface area contributed by atoms with Gasteiger partial charge in [0.2, 0.25) is 11.2 Å². The number of carbonyl (C=O) groups excluding carboxylic acids is 2. The molecule has 0 N–H and O–H groups in total. The van der Waals surface area contributed by atoms with Gasteiger partial charge in [-0.2, -0.15) is 0 Å². The van der Waals surface area contributed by atoms with Crippen LogP contribution in [0.4, 0.5) is 0 Å². The van der Waals surface area contributed by atoms with Crippen molar-refractivity contribution in [1.29, 1.82) is 0 Å². The molecule has 0 atom stereocenters. The van der Waals surface area contributed by atoms with Gasteiger partial charge in [0, 0.05) is 12.1 Å². The maximum absolute atomic E-state index is 12.9. The van der Waals surface area contributed by atoms with Gasteiger partial charge in [0.25, 0.3) is 0 Å². The van der Waals surface area contributed by atoms with Crippen molar-refractivity contribution in [2.24, 2.45) is 0 Å². The highest BCUT2D eigenvalue weighted by atomic mass is 16.5. The first-order valence-corrected chi connectivity index (χ1v) is 10.3. The Bertz CT molecular complexity index is 1430. The van der Waals surface area contributed by atoms with E-state index < -0.39 is 17.4 Å². The second-order valence-electron chi connectivity index (χ2n) is 7.20. The summed E-state index contributed by atoms with van der Waals surface area (Å²) in [5.74, 6) is 0.226. The standard InChI is InChI=1S/C26H20O9/c1-30-19-10-16(11-20(12-19)31-2)26(29)35-18-8-9-21-22(13-18)33-14-23(24(21)27)34-17-6-4-15(5-7-17)25(28)32-3/h4-14H,1-3H3. The highest BCUT2D eigenvalue weighted by molar-refractivity contribution is 5.92. The van der Waals surface area contributed by atoms with E-state index in [0.29, 0.717) is 22.8 Å². The number of esters is 2. The quantitative estimate of drug-likeness (QED) is 0.279. The van der Waals surface area contributed by atoms with Crippen molar-refractivity contribution >= 4 is 22.9 Å². The molecule has 0 unspecified atom stereocenters. The lowest BCUT2D eigenvalue weighted by Crippen LogP contribution is -2.10. The van der Waals surface area contributed by atoms with Crippen molar-refractivity contribution in [3.63, 3.8) is 0 Å². The van der Waals surface area contributed by atoms with Gasteiger partial charge in [-0.1, -0.05) is 0 Å². The Morgan fingerprint density at radius 1 is 0.714 bits per heavy atom. The van der Waals surface area contributed by atoms with Gasteiger partial charge in [-0.15, -0.1) is 0 Å². The smallest absolute Gasteiger partial charge is 0.343 e. The molecule has 35 heavy (non-hydrogen) atoms. The molecule has 0 saturated heterocycles. The van der Waals surface area contributed by atoms with Gasteiger partial charge in [-0.3, -0.25) is 4.79 Å². The van der Waals surface area contributed by atoms with Crippen molar-refractivity contribution in [2.75, 3.05) is 21.3 Å². The zero-order valence-electron chi connectivity index (χ0n) is 19.0. The number of rotatable bonds is 7. The van der Waals surface area contributed by atoms with Crippen molar-refractivity contribution in [3.8, 4) is 28.7 Å². The second kappa shape index (κ2) is 10.0. The van der Waals surface area contributed by atoms with Crippen LogP contribution in [0.15, 0.2) is 76.1 Å². The first kappa shape index (κ1) is 23.4. The maximum Gasteiger partial charge on any atom is 0.343 e. The van der Waals surface area contributed by atoms with Gasteiger partial charge >= 0.3 is 11.9 Å². The van der Waals surface area contributed by atoms with E-state index >= 15 is 0 Å². The molecular weight excluding hydrogens is 456 g/mol. The molecule has 0 aliphatic heterocycles. The lowest BCUT2D eigenvalue weighted by atomic mass is 10.2. The third-order valence-corrected chi connectivity index (χ3v) is 5.02. The van der Waals surface area contributed by atoms with Gasteiger partial charge in [0.1, 0.15) is 34.8 Å². The van der Waals surface area contributed by atoms with E-state index in [9.17, 15) is 14.4 Å². The summed E-state index contributed by atoms with van der Waals surface area (Å²) in [6, 6.07) is 15.2. The largest absolute Gasteiger partial charge is 0.497 e. The fourth-order valence-corrected chi connectivity index (χ4v) is 3.22. The van der Waals surface area contributed by atoms with Crippen LogP contribution in [-0.2, 0) is 4.74 Å². The van der Waals surface area contributed by atoms with Crippen LogP contribution in [-0.4, -0.2) is 33.3 Å². The van der Waals surface area contributed by atoms with Crippen LogP contribution in [0.3, 0.4) is 0 Å². The number of hydrogen-bond acceptors (Lipinski definition) is 9. The van der Waals surface area contributed by atoms with Gasteiger partial charge in [0.05, 0.1) is 37.8 Å². The summed E-state index contributed by atoms with van der Waals surface area (Å²) < 4.78 is 31.6. The van der Waals surface area contributed by atoms with Crippen molar-refractivity contribution in [1.82, 2.24) is 0 Å². The summed E-state index contributed by atoms with van der Waals surface area (Å²) in [5, 5.41) is 0.233. The molecule has 0 aliphatic rings. The molecule has 4 rings (SSSR count). The Labute approximate surface area is 199 Å². The molecule has 0 aliphatic carbocycles. The van der Waals surface area contributed by atoms with E-state index in [2.05, 4.69) is 4.74 Å². The minimum absolute atomic E-state index is 0.0449. The molecule has 0 saturated carbocycles. The Hall–Kier alpha value is -4.79.